The van der Waals surface area contributed by atoms with Crippen molar-refractivity contribution in [3.63, 3.8) is 0 Å². The number of nitro groups is 1. The van der Waals surface area contributed by atoms with Crippen LogP contribution in [0.1, 0.15) is 25.5 Å². The minimum Gasteiger partial charge on any atom is -0.484 e. The van der Waals surface area contributed by atoms with Crippen molar-refractivity contribution in [2.45, 2.75) is 31.6 Å². The molecule has 0 saturated carbocycles. The summed E-state index contributed by atoms with van der Waals surface area (Å²) in [5, 5.41) is 11.1. The molecule has 1 aromatic heterocycles. The molecule has 2 heterocycles. The summed E-state index contributed by atoms with van der Waals surface area (Å²) in [5.74, 6) is 0.405. The van der Waals surface area contributed by atoms with Crippen molar-refractivity contribution in [1.82, 2.24) is 4.57 Å². The highest BCUT2D eigenvalue weighted by Crippen LogP contribution is 2.43. The lowest BCUT2D eigenvalue weighted by Gasteiger charge is -2.43. The number of rotatable bonds is 4. The fourth-order valence-electron chi connectivity index (χ4n) is 3.12. The van der Waals surface area contributed by atoms with Gasteiger partial charge in [-0.15, -0.1) is 0 Å². The fraction of sp³-hybridized carbons (Fsp3) is 0.294. The van der Waals surface area contributed by atoms with Crippen LogP contribution >= 0.6 is 0 Å². The maximum atomic E-state index is 12.4. The first-order valence-corrected chi connectivity index (χ1v) is 7.59. The molecule has 1 aliphatic heterocycles. The second-order valence-corrected chi connectivity index (χ2v) is 6.23. The molecule has 8 nitrogen and oxygen atoms in total. The van der Waals surface area contributed by atoms with Crippen molar-refractivity contribution in [2.75, 3.05) is 0 Å². The second kappa shape index (κ2) is 6.04. The van der Waals surface area contributed by atoms with Gasteiger partial charge in [-0.1, -0.05) is 6.07 Å². The van der Waals surface area contributed by atoms with Gasteiger partial charge in [-0.3, -0.25) is 19.7 Å². The van der Waals surface area contributed by atoms with Crippen LogP contribution in [-0.2, 0) is 9.53 Å². The first-order valence-electron chi connectivity index (χ1n) is 7.59. The van der Waals surface area contributed by atoms with Gasteiger partial charge in [0.1, 0.15) is 17.4 Å². The average Bonchev–Trinajstić information content (AvgIpc) is 2.56. The number of carbonyl (C=O) groups is 1. The topological polar surface area (TPSA) is 101 Å². The number of pyridine rings is 1. The Bertz CT molecular complexity index is 889. The molecule has 0 aliphatic carbocycles. The number of hydrogen-bond donors (Lipinski definition) is 0. The molecule has 0 N–H and O–H groups in total. The van der Waals surface area contributed by atoms with Crippen molar-refractivity contribution < 1.29 is 19.2 Å². The van der Waals surface area contributed by atoms with Crippen molar-refractivity contribution in [3.8, 4) is 5.75 Å². The van der Waals surface area contributed by atoms with E-state index >= 15 is 0 Å². The average molecular weight is 344 g/mol. The summed E-state index contributed by atoms with van der Waals surface area (Å²) in [4.78, 5) is 34.0. The van der Waals surface area contributed by atoms with E-state index in [2.05, 4.69) is 0 Å². The zero-order valence-corrected chi connectivity index (χ0v) is 13.6. The molecule has 25 heavy (non-hydrogen) atoms. The normalized spacial score (nSPS) is 20.9. The minimum atomic E-state index is -0.940. The molecule has 1 aliphatic rings. The molecule has 0 amide bonds. The van der Waals surface area contributed by atoms with E-state index in [1.807, 2.05) is 0 Å². The molecule has 2 unspecified atom stereocenters. The third-order valence-corrected chi connectivity index (χ3v) is 4.22. The number of benzene rings is 1. The van der Waals surface area contributed by atoms with Crippen LogP contribution in [-0.4, -0.2) is 27.7 Å². The van der Waals surface area contributed by atoms with E-state index in [9.17, 15) is 19.7 Å². The number of nitrogens with zero attached hydrogens (tertiary/aromatic N) is 2. The smallest absolute Gasteiger partial charge is 0.293 e. The predicted molar refractivity (Wildman–Crippen MR) is 87.6 cm³/mol. The molecule has 0 spiro atoms. The quantitative estimate of drug-likeness (QED) is 0.478. The minimum absolute atomic E-state index is 0.138. The Hall–Kier alpha value is -3.16. The lowest BCUT2D eigenvalue weighted by molar-refractivity contribution is -0.385. The van der Waals surface area contributed by atoms with Gasteiger partial charge in [-0.2, -0.15) is 0 Å². The van der Waals surface area contributed by atoms with Gasteiger partial charge in [0.15, 0.2) is 6.10 Å². The van der Waals surface area contributed by atoms with E-state index in [1.165, 1.54) is 28.8 Å². The number of fused-ring (bicyclic) bond motifs is 1. The van der Waals surface area contributed by atoms with Crippen molar-refractivity contribution >= 4 is 12.2 Å². The van der Waals surface area contributed by atoms with Crippen LogP contribution in [0, 0.1) is 10.1 Å². The highest BCUT2D eigenvalue weighted by molar-refractivity contribution is 5.49. The molecule has 0 radical (unpaired) electrons. The number of ether oxygens (including phenoxy) is 2. The third-order valence-electron chi connectivity index (χ3n) is 4.22. The molecule has 0 bridgehead atoms. The van der Waals surface area contributed by atoms with E-state index in [-0.39, 0.29) is 11.2 Å². The van der Waals surface area contributed by atoms with Gasteiger partial charge in [0.25, 0.3) is 17.7 Å². The number of aromatic nitrogens is 1. The van der Waals surface area contributed by atoms with Gasteiger partial charge in [0, 0.05) is 30.0 Å². The molecule has 8 heteroatoms. The summed E-state index contributed by atoms with van der Waals surface area (Å²) >= 11 is 0. The fourth-order valence-corrected chi connectivity index (χ4v) is 3.12. The summed E-state index contributed by atoms with van der Waals surface area (Å²) in [7, 11) is 0. The van der Waals surface area contributed by atoms with E-state index in [1.54, 1.807) is 32.2 Å². The Kier molecular flexibility index (Phi) is 4.03. The zero-order chi connectivity index (χ0) is 18.2. The first-order chi connectivity index (χ1) is 11.8. The van der Waals surface area contributed by atoms with E-state index in [0.29, 0.717) is 17.8 Å². The third kappa shape index (κ3) is 2.86. The van der Waals surface area contributed by atoms with Crippen LogP contribution in [0.5, 0.6) is 5.75 Å². The molecule has 130 valence electrons. The molecular weight excluding hydrogens is 328 g/mol. The monoisotopic (exact) mass is 344 g/mol. The SMILES string of the molecule is CC1(C)Oc2ccc([N+](=O)[O-])cc2C(n2ccccc2=O)C1OC=O. The molecule has 2 aromatic rings. The Morgan fingerprint density at radius 3 is 2.72 bits per heavy atom. The lowest BCUT2D eigenvalue weighted by Crippen LogP contribution is -2.53. The Balaban J connectivity index is 2.28. The van der Waals surface area contributed by atoms with Gasteiger partial charge in [-0.25, -0.2) is 0 Å². The summed E-state index contributed by atoms with van der Waals surface area (Å²) in [6.45, 7) is 3.75. The number of non-ortho nitro benzene ring substituents is 1. The summed E-state index contributed by atoms with van der Waals surface area (Å²) < 4.78 is 12.5. The van der Waals surface area contributed by atoms with E-state index < -0.39 is 22.7 Å². The van der Waals surface area contributed by atoms with Crippen molar-refractivity contribution in [1.29, 1.82) is 0 Å². The largest absolute Gasteiger partial charge is 0.484 e. The Morgan fingerprint density at radius 2 is 2.08 bits per heavy atom. The van der Waals surface area contributed by atoms with Crippen molar-refractivity contribution in [2.24, 2.45) is 0 Å². The number of nitro benzene ring substituents is 1. The second-order valence-electron chi connectivity index (χ2n) is 6.23. The van der Waals surface area contributed by atoms with Gasteiger partial charge >= 0.3 is 0 Å². The molecular formula is C17H16N2O6. The highest BCUT2D eigenvalue weighted by atomic mass is 16.6. The van der Waals surface area contributed by atoms with Crippen LogP contribution in [0.25, 0.3) is 0 Å². The first kappa shape index (κ1) is 16.7. The van der Waals surface area contributed by atoms with Crippen LogP contribution < -0.4 is 10.3 Å². The standard InChI is InChI=1S/C17H16N2O6/c1-17(2)16(24-10-20)15(18-8-4-3-5-14(18)21)12-9-11(19(22)23)6-7-13(12)25-17/h3-10,15-16H,1-2H3. The van der Waals surface area contributed by atoms with Gasteiger partial charge in [0.2, 0.25) is 0 Å². The van der Waals surface area contributed by atoms with Crippen molar-refractivity contribution in [3.05, 3.63) is 68.6 Å². The van der Waals surface area contributed by atoms with Crippen LogP contribution in [0.4, 0.5) is 5.69 Å². The molecule has 0 saturated heterocycles. The summed E-state index contributed by atoms with van der Waals surface area (Å²) in [6, 6.07) is 8.05. The maximum absolute atomic E-state index is 12.4. The Labute approximate surface area is 142 Å². The number of hydrogen-bond acceptors (Lipinski definition) is 6. The molecule has 0 fully saturated rings. The Morgan fingerprint density at radius 1 is 1.32 bits per heavy atom. The molecule has 2 atom stereocenters. The van der Waals surface area contributed by atoms with Gasteiger partial charge < -0.3 is 14.0 Å². The predicted octanol–water partition coefficient (Wildman–Crippen LogP) is 2.06. The van der Waals surface area contributed by atoms with Crippen LogP contribution in [0.3, 0.4) is 0 Å². The summed E-state index contributed by atoms with van der Waals surface area (Å²) in [5.41, 5.74) is -0.985. The van der Waals surface area contributed by atoms with Gasteiger partial charge in [-0.05, 0) is 26.0 Å². The maximum Gasteiger partial charge on any atom is 0.293 e. The zero-order valence-electron chi connectivity index (χ0n) is 13.6. The van der Waals surface area contributed by atoms with E-state index in [4.69, 9.17) is 9.47 Å². The highest BCUT2D eigenvalue weighted by Gasteiger charge is 2.47. The van der Waals surface area contributed by atoms with Crippen LogP contribution in [0.2, 0.25) is 0 Å². The van der Waals surface area contributed by atoms with Crippen LogP contribution in [0.15, 0.2) is 47.4 Å². The number of carbonyl (C=O) groups excluding carboxylic acids is 1. The summed E-state index contributed by atoms with van der Waals surface area (Å²) in [6.07, 6.45) is 0.706. The van der Waals surface area contributed by atoms with E-state index in [0.717, 1.165) is 0 Å². The lowest BCUT2D eigenvalue weighted by atomic mass is 9.86. The molecule has 1 aromatic carbocycles. The van der Waals surface area contributed by atoms with Gasteiger partial charge in [0.05, 0.1) is 4.92 Å². The molecule has 3 rings (SSSR count).